The molecule has 10 heteroatoms. The first-order valence-corrected chi connectivity index (χ1v) is 7.49. The van der Waals surface area contributed by atoms with Crippen molar-refractivity contribution < 1.29 is 8.83 Å². The molecule has 3 heterocycles. The first-order chi connectivity index (χ1) is 9.98. The Morgan fingerprint density at radius 2 is 1.67 bits per heavy atom. The number of nitrogen functional groups attached to an aromatic ring is 1. The third-order valence-electron chi connectivity index (χ3n) is 2.74. The van der Waals surface area contributed by atoms with Gasteiger partial charge in [0, 0.05) is 0 Å². The van der Waals surface area contributed by atoms with Crippen molar-refractivity contribution in [1.29, 1.82) is 0 Å². The lowest BCUT2D eigenvalue weighted by Crippen LogP contribution is -2.24. The Hall–Kier alpha value is -2.36. The SMILES string of the molecule is CC(C)(C)n1ncc([SH](c2nnco2)c2nnco2)c1N. The first-order valence-electron chi connectivity index (χ1n) is 6.15. The lowest BCUT2D eigenvalue weighted by molar-refractivity contribution is 0.361. The number of hydrogen-bond acceptors (Lipinski definition) is 8. The molecule has 3 rings (SSSR count). The van der Waals surface area contributed by atoms with Crippen LogP contribution in [0.25, 0.3) is 0 Å². The van der Waals surface area contributed by atoms with Gasteiger partial charge in [-0.05, 0) is 20.8 Å². The number of anilines is 1. The summed E-state index contributed by atoms with van der Waals surface area (Å²) in [5.41, 5.74) is 6.00. The molecule has 3 aromatic heterocycles. The molecule has 0 aliphatic carbocycles. The molecule has 0 atom stereocenters. The number of rotatable bonds is 3. The van der Waals surface area contributed by atoms with Crippen molar-refractivity contribution in [3.8, 4) is 0 Å². The number of nitrogens with zero attached hydrogens (tertiary/aromatic N) is 6. The topological polar surface area (TPSA) is 122 Å². The second-order valence-electron chi connectivity index (χ2n) is 5.28. The minimum atomic E-state index is -1.31. The zero-order valence-corrected chi connectivity index (χ0v) is 12.7. The van der Waals surface area contributed by atoms with Gasteiger partial charge in [-0.15, -0.1) is 20.4 Å². The van der Waals surface area contributed by atoms with Gasteiger partial charge in [-0.1, -0.05) is 10.9 Å². The molecule has 112 valence electrons. The third-order valence-corrected chi connectivity index (χ3v) is 4.72. The monoisotopic (exact) mass is 309 g/mol. The van der Waals surface area contributed by atoms with Gasteiger partial charge >= 0.3 is 0 Å². The van der Waals surface area contributed by atoms with E-state index >= 15 is 0 Å². The van der Waals surface area contributed by atoms with Gasteiger partial charge in [-0.25, -0.2) is 4.68 Å². The van der Waals surface area contributed by atoms with E-state index < -0.39 is 10.9 Å². The highest BCUT2D eigenvalue weighted by atomic mass is 32.2. The van der Waals surface area contributed by atoms with E-state index in [4.69, 9.17) is 14.6 Å². The molecule has 0 bridgehead atoms. The predicted octanol–water partition coefficient (Wildman–Crippen LogP) is 1.46. The van der Waals surface area contributed by atoms with Crippen LogP contribution in [0.4, 0.5) is 5.82 Å². The van der Waals surface area contributed by atoms with Gasteiger partial charge < -0.3 is 14.6 Å². The molecule has 0 radical (unpaired) electrons. The molecule has 0 fully saturated rings. The molecular formula is C11H15N7O2S. The first kappa shape index (κ1) is 13.6. The fourth-order valence-corrected chi connectivity index (χ4v) is 3.53. The molecule has 0 unspecified atom stereocenters. The van der Waals surface area contributed by atoms with Crippen molar-refractivity contribution in [2.24, 2.45) is 0 Å². The minimum absolute atomic E-state index is 0.243. The Morgan fingerprint density at radius 1 is 1.10 bits per heavy atom. The largest absolute Gasteiger partial charge is 0.419 e. The highest BCUT2D eigenvalue weighted by Crippen LogP contribution is 2.51. The third kappa shape index (κ3) is 2.37. The number of hydrogen-bond donors (Lipinski definition) is 2. The van der Waals surface area contributed by atoms with Crippen LogP contribution in [0.2, 0.25) is 0 Å². The number of nitrogens with two attached hydrogens (primary N) is 1. The van der Waals surface area contributed by atoms with E-state index in [9.17, 15) is 0 Å². The van der Waals surface area contributed by atoms with Crippen molar-refractivity contribution in [2.75, 3.05) is 5.73 Å². The fourth-order valence-electron chi connectivity index (χ4n) is 1.87. The second kappa shape index (κ2) is 4.88. The summed E-state index contributed by atoms with van der Waals surface area (Å²) in [5, 5.41) is 20.4. The standard InChI is InChI=1S/C11H15N7O2S/c1-11(2,3)18-8(12)7(4-15-18)21(9-16-13-5-19-9)10-17-14-6-20-10/h4-6,21H,12H2,1-3H3. The lowest BCUT2D eigenvalue weighted by atomic mass is 10.1. The van der Waals surface area contributed by atoms with E-state index in [0.717, 1.165) is 4.90 Å². The summed E-state index contributed by atoms with van der Waals surface area (Å²) in [6.45, 7) is 6.05. The summed E-state index contributed by atoms with van der Waals surface area (Å²) in [6.07, 6.45) is 4.19. The van der Waals surface area contributed by atoms with Crippen LogP contribution in [0.5, 0.6) is 0 Å². The summed E-state index contributed by atoms with van der Waals surface area (Å²) >= 11 is 0. The van der Waals surface area contributed by atoms with Gasteiger partial charge in [0.25, 0.3) is 10.4 Å². The number of aromatic nitrogens is 6. The average molecular weight is 309 g/mol. The smallest absolute Gasteiger partial charge is 0.268 e. The van der Waals surface area contributed by atoms with Gasteiger partial charge in [-0.2, -0.15) is 5.10 Å². The van der Waals surface area contributed by atoms with Crippen molar-refractivity contribution >= 4 is 16.7 Å². The fraction of sp³-hybridized carbons (Fsp3) is 0.364. The lowest BCUT2D eigenvalue weighted by Gasteiger charge is -2.21. The van der Waals surface area contributed by atoms with Crippen LogP contribution in [0.1, 0.15) is 20.8 Å². The van der Waals surface area contributed by atoms with E-state index in [0.29, 0.717) is 16.3 Å². The molecule has 0 saturated carbocycles. The Labute approximate surface area is 122 Å². The summed E-state index contributed by atoms with van der Waals surface area (Å²) < 4.78 is 12.4. The minimum Gasteiger partial charge on any atom is -0.419 e. The van der Waals surface area contributed by atoms with Crippen LogP contribution < -0.4 is 5.73 Å². The van der Waals surface area contributed by atoms with Crippen LogP contribution in [-0.2, 0) is 5.54 Å². The van der Waals surface area contributed by atoms with Crippen LogP contribution in [0.15, 0.2) is 43.2 Å². The van der Waals surface area contributed by atoms with E-state index in [1.165, 1.54) is 12.8 Å². The molecule has 0 amide bonds. The Kier molecular flexibility index (Phi) is 3.16. The maximum Gasteiger partial charge on any atom is 0.268 e. The highest BCUT2D eigenvalue weighted by molar-refractivity contribution is 8.16. The molecule has 0 spiro atoms. The summed E-state index contributed by atoms with van der Waals surface area (Å²) in [6, 6.07) is 0. The van der Waals surface area contributed by atoms with E-state index in [2.05, 4.69) is 25.5 Å². The van der Waals surface area contributed by atoms with Gasteiger partial charge in [0.2, 0.25) is 12.8 Å². The molecular weight excluding hydrogens is 294 g/mol. The molecule has 3 aromatic rings. The van der Waals surface area contributed by atoms with Crippen LogP contribution in [0.3, 0.4) is 0 Å². The van der Waals surface area contributed by atoms with Gasteiger partial charge in [0.1, 0.15) is 5.82 Å². The van der Waals surface area contributed by atoms with Crippen LogP contribution in [-0.4, -0.2) is 30.2 Å². The van der Waals surface area contributed by atoms with Gasteiger partial charge in [0.15, 0.2) is 0 Å². The van der Waals surface area contributed by atoms with Gasteiger partial charge in [-0.3, -0.25) is 0 Å². The Morgan fingerprint density at radius 3 is 2.05 bits per heavy atom. The van der Waals surface area contributed by atoms with Crippen molar-refractivity contribution in [3.63, 3.8) is 0 Å². The predicted molar refractivity (Wildman–Crippen MR) is 74.0 cm³/mol. The number of thiol groups is 1. The second-order valence-corrected chi connectivity index (χ2v) is 7.19. The maximum absolute atomic E-state index is 6.24. The van der Waals surface area contributed by atoms with Gasteiger partial charge in [0.05, 0.1) is 16.6 Å². The Bertz CT molecular complexity index is 680. The molecule has 0 saturated heterocycles. The molecule has 0 aliphatic heterocycles. The normalized spacial score (nSPS) is 12.6. The summed E-state index contributed by atoms with van der Waals surface area (Å²) in [7, 11) is -1.31. The Balaban J connectivity index is 2.13. The molecule has 0 aromatic carbocycles. The van der Waals surface area contributed by atoms with E-state index in [1.54, 1.807) is 10.9 Å². The van der Waals surface area contributed by atoms with Crippen molar-refractivity contribution in [1.82, 2.24) is 30.2 Å². The zero-order chi connectivity index (χ0) is 15.0. The van der Waals surface area contributed by atoms with Crippen molar-refractivity contribution in [3.05, 3.63) is 19.0 Å². The zero-order valence-electron chi connectivity index (χ0n) is 11.8. The molecule has 9 nitrogen and oxygen atoms in total. The quantitative estimate of drug-likeness (QED) is 0.697. The molecule has 21 heavy (non-hydrogen) atoms. The van der Waals surface area contributed by atoms with E-state index in [1.807, 2.05) is 20.8 Å². The van der Waals surface area contributed by atoms with Crippen molar-refractivity contribution in [2.45, 2.75) is 41.7 Å². The maximum atomic E-state index is 6.24. The van der Waals surface area contributed by atoms with E-state index in [-0.39, 0.29) is 5.54 Å². The average Bonchev–Trinajstić information content (AvgIpc) is 3.13. The summed E-state index contributed by atoms with van der Waals surface area (Å²) in [4.78, 5) is 0.744. The molecule has 2 N–H and O–H groups in total. The molecule has 0 aliphatic rings. The van der Waals surface area contributed by atoms with Crippen LogP contribution in [0, 0.1) is 0 Å². The van der Waals surface area contributed by atoms with Crippen LogP contribution >= 0.6 is 10.9 Å². The summed E-state index contributed by atoms with van der Waals surface area (Å²) in [5.74, 6) is 0.519. The highest BCUT2D eigenvalue weighted by Gasteiger charge is 2.29.